The van der Waals surface area contributed by atoms with Gasteiger partial charge >= 0.3 is 0 Å². The summed E-state index contributed by atoms with van der Waals surface area (Å²) in [7, 11) is 0. The molecule has 0 aromatic rings. The smallest absolute Gasteiger partial charge is 0.275 e. The third-order valence-electron chi connectivity index (χ3n) is 0.585. The first-order chi connectivity index (χ1) is 4.06. The van der Waals surface area contributed by atoms with Crippen molar-refractivity contribution in [3.05, 3.63) is 13.2 Å². The SMILES string of the molecule is C=C.CCCC(O)(O)O.O. The second kappa shape index (κ2) is 8.58. The molecule has 0 rings (SSSR count). The Morgan fingerprint density at radius 1 is 1.20 bits per heavy atom. The second-order valence-corrected chi connectivity index (χ2v) is 1.52. The van der Waals surface area contributed by atoms with Gasteiger partial charge in [0, 0.05) is 6.42 Å². The highest BCUT2D eigenvalue weighted by Gasteiger charge is 2.14. The Balaban J connectivity index is -0.000000149. The summed E-state index contributed by atoms with van der Waals surface area (Å²) >= 11 is 0. The van der Waals surface area contributed by atoms with Crippen LogP contribution in [0.3, 0.4) is 0 Å². The Labute approximate surface area is 60.7 Å². The molecule has 0 unspecified atom stereocenters. The molecule has 0 aromatic heterocycles. The molecule has 0 aliphatic heterocycles. The maximum atomic E-state index is 8.13. The molecule has 0 saturated heterocycles. The van der Waals surface area contributed by atoms with Crippen LogP contribution in [0.4, 0.5) is 0 Å². The van der Waals surface area contributed by atoms with E-state index in [1.165, 1.54) is 0 Å². The Morgan fingerprint density at radius 3 is 1.50 bits per heavy atom. The molecule has 0 bridgehead atoms. The summed E-state index contributed by atoms with van der Waals surface area (Å²) in [5, 5.41) is 24.4. The largest absolute Gasteiger partial charge is 0.412 e. The zero-order valence-electron chi connectivity index (χ0n) is 6.17. The lowest BCUT2D eigenvalue weighted by molar-refractivity contribution is -0.314. The zero-order chi connectivity index (χ0) is 7.91. The first-order valence-electron chi connectivity index (χ1n) is 2.73. The topological polar surface area (TPSA) is 92.2 Å². The first kappa shape index (κ1) is 16.3. The van der Waals surface area contributed by atoms with Crippen molar-refractivity contribution < 1.29 is 20.8 Å². The van der Waals surface area contributed by atoms with Crippen molar-refractivity contribution in [2.75, 3.05) is 0 Å². The molecule has 0 aromatic carbocycles. The van der Waals surface area contributed by atoms with Crippen LogP contribution in [-0.4, -0.2) is 26.8 Å². The minimum atomic E-state index is -2.45. The Morgan fingerprint density at radius 2 is 1.50 bits per heavy atom. The third-order valence-corrected chi connectivity index (χ3v) is 0.585. The van der Waals surface area contributed by atoms with Crippen LogP contribution in [0.25, 0.3) is 0 Å². The van der Waals surface area contributed by atoms with Crippen molar-refractivity contribution >= 4 is 0 Å². The van der Waals surface area contributed by atoms with Gasteiger partial charge in [0.05, 0.1) is 0 Å². The van der Waals surface area contributed by atoms with Crippen molar-refractivity contribution in [3.63, 3.8) is 0 Å². The average Bonchev–Trinajstić information content (AvgIpc) is 1.69. The Hall–Kier alpha value is -0.420. The lowest BCUT2D eigenvalue weighted by Gasteiger charge is -2.10. The highest BCUT2D eigenvalue weighted by atomic mass is 16.7. The van der Waals surface area contributed by atoms with Crippen LogP contribution in [0.1, 0.15) is 19.8 Å². The second-order valence-electron chi connectivity index (χ2n) is 1.52. The molecule has 0 amide bonds. The van der Waals surface area contributed by atoms with Crippen LogP contribution in [0.2, 0.25) is 0 Å². The summed E-state index contributed by atoms with van der Waals surface area (Å²) in [4.78, 5) is 0. The van der Waals surface area contributed by atoms with Crippen LogP contribution in [-0.2, 0) is 0 Å². The van der Waals surface area contributed by atoms with E-state index in [9.17, 15) is 0 Å². The minimum Gasteiger partial charge on any atom is -0.412 e. The molecule has 5 N–H and O–H groups in total. The number of hydrogen-bond acceptors (Lipinski definition) is 3. The number of hydrogen-bond donors (Lipinski definition) is 3. The molecule has 0 radical (unpaired) electrons. The molecule has 0 fully saturated rings. The van der Waals surface area contributed by atoms with Crippen molar-refractivity contribution in [1.82, 2.24) is 0 Å². The highest BCUT2D eigenvalue weighted by Crippen LogP contribution is 2.01. The lowest BCUT2D eigenvalue weighted by atomic mass is 10.3. The highest BCUT2D eigenvalue weighted by molar-refractivity contribution is 4.41. The molecule has 0 aliphatic carbocycles. The fourth-order valence-corrected chi connectivity index (χ4v) is 0.335. The fourth-order valence-electron chi connectivity index (χ4n) is 0.335. The van der Waals surface area contributed by atoms with Crippen LogP contribution < -0.4 is 0 Å². The normalized spacial score (nSPS) is 8.80. The average molecular weight is 152 g/mol. The zero-order valence-corrected chi connectivity index (χ0v) is 6.17. The van der Waals surface area contributed by atoms with Gasteiger partial charge < -0.3 is 20.8 Å². The van der Waals surface area contributed by atoms with Gasteiger partial charge in [-0.1, -0.05) is 6.92 Å². The predicted molar refractivity (Wildman–Crippen MR) is 39.2 cm³/mol. The van der Waals surface area contributed by atoms with Gasteiger partial charge in [0.2, 0.25) is 0 Å². The van der Waals surface area contributed by atoms with Crippen molar-refractivity contribution in [1.29, 1.82) is 0 Å². The van der Waals surface area contributed by atoms with Gasteiger partial charge in [-0.25, -0.2) is 0 Å². The molecule has 0 spiro atoms. The van der Waals surface area contributed by atoms with E-state index in [1.807, 2.05) is 0 Å². The molecular weight excluding hydrogens is 136 g/mol. The molecular formula is C6H16O4. The minimum absolute atomic E-state index is 0. The molecule has 0 saturated carbocycles. The maximum absolute atomic E-state index is 8.13. The van der Waals surface area contributed by atoms with Crippen LogP contribution in [0, 0.1) is 0 Å². The lowest BCUT2D eigenvalue weighted by Crippen LogP contribution is -2.26. The Bertz CT molecular complexity index is 57.3. The quantitative estimate of drug-likeness (QED) is 0.364. The van der Waals surface area contributed by atoms with Gasteiger partial charge in [0.15, 0.2) is 0 Å². The van der Waals surface area contributed by atoms with Gasteiger partial charge in [-0.2, -0.15) is 0 Å². The van der Waals surface area contributed by atoms with Gasteiger partial charge in [0.1, 0.15) is 0 Å². The van der Waals surface area contributed by atoms with E-state index in [0.29, 0.717) is 6.42 Å². The van der Waals surface area contributed by atoms with E-state index in [2.05, 4.69) is 13.2 Å². The van der Waals surface area contributed by atoms with Gasteiger partial charge in [-0.05, 0) is 6.42 Å². The first-order valence-corrected chi connectivity index (χ1v) is 2.73. The number of rotatable bonds is 2. The molecule has 4 nitrogen and oxygen atoms in total. The van der Waals surface area contributed by atoms with E-state index in [4.69, 9.17) is 15.3 Å². The fraction of sp³-hybridized carbons (Fsp3) is 0.667. The molecule has 0 aliphatic rings. The molecule has 10 heavy (non-hydrogen) atoms. The molecule has 0 atom stereocenters. The van der Waals surface area contributed by atoms with Crippen LogP contribution in [0.5, 0.6) is 0 Å². The number of aliphatic hydroxyl groups is 3. The third kappa shape index (κ3) is 25.6. The van der Waals surface area contributed by atoms with Gasteiger partial charge in [-0.3, -0.25) is 0 Å². The summed E-state index contributed by atoms with van der Waals surface area (Å²) in [5.74, 6) is -2.45. The summed E-state index contributed by atoms with van der Waals surface area (Å²) in [6.45, 7) is 7.75. The summed E-state index contributed by atoms with van der Waals surface area (Å²) < 4.78 is 0. The van der Waals surface area contributed by atoms with Crippen LogP contribution >= 0.6 is 0 Å². The van der Waals surface area contributed by atoms with Crippen molar-refractivity contribution in [2.45, 2.75) is 25.7 Å². The standard InChI is InChI=1S/C4H10O3.C2H4.H2O/c1-2-3-4(5,6)7;1-2;/h5-7H,2-3H2,1H3;1-2H2;1H2. The predicted octanol–water partition coefficient (Wildman–Crippen LogP) is -0.605. The Kier molecular flexibility index (Phi) is 14.0. The van der Waals surface area contributed by atoms with E-state index in [-0.39, 0.29) is 11.9 Å². The van der Waals surface area contributed by atoms with Crippen LogP contribution in [0.15, 0.2) is 13.2 Å². The van der Waals surface area contributed by atoms with Crippen molar-refractivity contribution in [2.24, 2.45) is 0 Å². The molecule has 64 valence electrons. The summed E-state index contributed by atoms with van der Waals surface area (Å²) in [6, 6.07) is 0. The van der Waals surface area contributed by atoms with E-state index >= 15 is 0 Å². The molecule has 0 heterocycles. The van der Waals surface area contributed by atoms with Gasteiger partial charge in [-0.15, -0.1) is 13.2 Å². The van der Waals surface area contributed by atoms with Gasteiger partial charge in [0.25, 0.3) is 5.97 Å². The summed E-state index contributed by atoms with van der Waals surface area (Å²) in [6.07, 6.45) is 0.566. The maximum Gasteiger partial charge on any atom is 0.275 e. The summed E-state index contributed by atoms with van der Waals surface area (Å²) in [5.41, 5.74) is 0. The van der Waals surface area contributed by atoms with E-state index < -0.39 is 5.97 Å². The van der Waals surface area contributed by atoms with E-state index in [0.717, 1.165) is 0 Å². The van der Waals surface area contributed by atoms with Crippen molar-refractivity contribution in [3.8, 4) is 0 Å². The van der Waals surface area contributed by atoms with E-state index in [1.54, 1.807) is 6.92 Å². The monoisotopic (exact) mass is 152 g/mol. The molecule has 4 heteroatoms.